The third-order valence-corrected chi connectivity index (χ3v) is 5.53. The molecule has 9 heteroatoms. The Morgan fingerprint density at radius 3 is 2.59 bits per heavy atom. The van der Waals surface area contributed by atoms with E-state index in [-0.39, 0.29) is 16.0 Å². The molecule has 118 valence electrons. The molecule has 8 nitrogen and oxygen atoms in total. The van der Waals surface area contributed by atoms with Gasteiger partial charge in [-0.3, -0.25) is 9.36 Å². The van der Waals surface area contributed by atoms with Gasteiger partial charge in [0.1, 0.15) is 6.54 Å². The van der Waals surface area contributed by atoms with Crippen LogP contribution in [-0.4, -0.2) is 41.5 Å². The Labute approximate surface area is 125 Å². The molecule has 0 atom stereocenters. The molecule has 3 rings (SSSR count). The van der Waals surface area contributed by atoms with E-state index in [1.165, 1.54) is 22.5 Å². The molecule has 1 saturated heterocycles. The minimum Gasteiger partial charge on any atom is -0.480 e. The molecule has 0 unspecified atom stereocenters. The van der Waals surface area contributed by atoms with Crippen molar-refractivity contribution in [2.45, 2.75) is 24.3 Å². The van der Waals surface area contributed by atoms with Crippen molar-refractivity contribution in [1.82, 2.24) is 8.87 Å². The molecule has 2 heterocycles. The van der Waals surface area contributed by atoms with Gasteiger partial charge in [0.25, 0.3) is 0 Å². The lowest BCUT2D eigenvalue weighted by Gasteiger charge is -2.15. The Bertz CT molecular complexity index is 889. The highest BCUT2D eigenvalue weighted by Gasteiger charge is 2.28. The summed E-state index contributed by atoms with van der Waals surface area (Å²) in [7, 11) is -3.61. The van der Waals surface area contributed by atoms with E-state index < -0.39 is 28.3 Å². The second-order valence-corrected chi connectivity index (χ2v) is 7.03. The summed E-state index contributed by atoms with van der Waals surface area (Å²) < 4.78 is 32.2. The molecule has 1 aliphatic rings. The monoisotopic (exact) mass is 326 g/mol. The normalized spacial score (nSPS) is 16.4. The largest absolute Gasteiger partial charge is 0.480 e. The number of carbonyl (C=O) groups is 1. The van der Waals surface area contributed by atoms with E-state index in [1.807, 2.05) is 0 Å². The molecule has 1 aromatic heterocycles. The molecular formula is C13H14N2O6S. The Balaban J connectivity index is 2.07. The van der Waals surface area contributed by atoms with Crippen molar-refractivity contribution >= 4 is 27.1 Å². The van der Waals surface area contributed by atoms with Crippen molar-refractivity contribution in [1.29, 1.82) is 0 Å². The summed E-state index contributed by atoms with van der Waals surface area (Å²) in [5, 5.41) is 8.79. The standard InChI is InChI=1S/C13H14N2O6S/c16-12(17)8-15-10-4-3-9(7-11(10)21-13(15)18)22(19,20)14-5-1-2-6-14/h3-4,7H,1-2,5-6,8H2,(H,16,17). The van der Waals surface area contributed by atoms with Crippen LogP contribution in [0.1, 0.15) is 12.8 Å². The second kappa shape index (κ2) is 5.25. The van der Waals surface area contributed by atoms with Gasteiger partial charge < -0.3 is 9.52 Å². The third-order valence-electron chi connectivity index (χ3n) is 3.64. The summed E-state index contributed by atoms with van der Waals surface area (Å²) in [6.45, 7) is 0.415. The Hall–Kier alpha value is -2.13. The lowest BCUT2D eigenvalue weighted by molar-refractivity contribution is -0.137. The van der Waals surface area contributed by atoms with Gasteiger partial charge in [-0.05, 0) is 25.0 Å². The van der Waals surface area contributed by atoms with E-state index in [0.29, 0.717) is 13.1 Å². The molecule has 1 N–H and O–H groups in total. The highest BCUT2D eigenvalue weighted by molar-refractivity contribution is 7.89. The van der Waals surface area contributed by atoms with Crippen molar-refractivity contribution in [2.75, 3.05) is 13.1 Å². The molecule has 0 bridgehead atoms. The van der Waals surface area contributed by atoms with Crippen LogP contribution in [0.15, 0.2) is 32.3 Å². The molecule has 1 aliphatic heterocycles. The maximum Gasteiger partial charge on any atom is 0.420 e. The first-order valence-electron chi connectivity index (χ1n) is 6.75. The van der Waals surface area contributed by atoms with Crippen LogP contribution in [0.2, 0.25) is 0 Å². The molecule has 1 aromatic carbocycles. The van der Waals surface area contributed by atoms with Gasteiger partial charge >= 0.3 is 11.7 Å². The zero-order valence-electron chi connectivity index (χ0n) is 11.6. The van der Waals surface area contributed by atoms with Crippen LogP contribution in [-0.2, 0) is 21.4 Å². The number of hydrogen-bond donors (Lipinski definition) is 1. The minimum absolute atomic E-state index is 0.0399. The zero-order chi connectivity index (χ0) is 15.9. The average molecular weight is 326 g/mol. The van der Waals surface area contributed by atoms with Gasteiger partial charge in [0, 0.05) is 19.2 Å². The van der Waals surface area contributed by atoms with Crippen LogP contribution in [0.4, 0.5) is 0 Å². The van der Waals surface area contributed by atoms with Gasteiger partial charge in [0.2, 0.25) is 10.0 Å². The van der Waals surface area contributed by atoms with Gasteiger partial charge in [-0.1, -0.05) is 0 Å². The molecule has 2 aromatic rings. The van der Waals surface area contributed by atoms with Crippen molar-refractivity contribution in [2.24, 2.45) is 0 Å². The average Bonchev–Trinajstić information content (AvgIpc) is 3.07. The first kappa shape index (κ1) is 14.8. The molecule has 0 amide bonds. The number of aliphatic carboxylic acids is 1. The molecule has 22 heavy (non-hydrogen) atoms. The Morgan fingerprint density at radius 2 is 1.95 bits per heavy atom. The van der Waals surface area contributed by atoms with E-state index in [9.17, 15) is 18.0 Å². The predicted molar refractivity (Wildman–Crippen MR) is 76.1 cm³/mol. The highest BCUT2D eigenvalue weighted by atomic mass is 32.2. The number of carboxylic acid groups (broad SMARTS) is 1. The molecule has 0 aliphatic carbocycles. The second-order valence-electron chi connectivity index (χ2n) is 5.09. The van der Waals surface area contributed by atoms with Crippen molar-refractivity contribution < 1.29 is 22.7 Å². The summed E-state index contributed by atoms with van der Waals surface area (Å²) in [6, 6.07) is 4.03. The molecule has 1 fully saturated rings. The highest BCUT2D eigenvalue weighted by Crippen LogP contribution is 2.24. The predicted octanol–water partition coefficient (Wildman–Crippen LogP) is 0.464. The smallest absolute Gasteiger partial charge is 0.420 e. The number of sulfonamides is 1. The van der Waals surface area contributed by atoms with E-state index >= 15 is 0 Å². The SMILES string of the molecule is O=C(O)Cn1c(=O)oc2cc(S(=O)(=O)N3CCCC3)ccc21. The summed E-state index contributed by atoms with van der Waals surface area (Å²) in [5.74, 6) is -2.01. The quantitative estimate of drug-likeness (QED) is 0.874. The summed E-state index contributed by atoms with van der Waals surface area (Å²) >= 11 is 0. The number of oxazole rings is 1. The molecule has 0 saturated carbocycles. The number of fused-ring (bicyclic) bond motifs is 1. The summed E-state index contributed by atoms with van der Waals surface area (Å²) in [5.41, 5.74) is 0.319. The number of carboxylic acids is 1. The Morgan fingerprint density at radius 1 is 1.27 bits per heavy atom. The first-order valence-corrected chi connectivity index (χ1v) is 8.19. The fourth-order valence-corrected chi connectivity index (χ4v) is 4.10. The van der Waals surface area contributed by atoms with Crippen LogP contribution >= 0.6 is 0 Å². The molecule has 0 radical (unpaired) electrons. The fourth-order valence-electron chi connectivity index (χ4n) is 2.57. The van der Waals surface area contributed by atoms with Gasteiger partial charge in [-0.25, -0.2) is 13.2 Å². The zero-order valence-corrected chi connectivity index (χ0v) is 12.4. The number of hydrogen-bond acceptors (Lipinski definition) is 5. The minimum atomic E-state index is -3.61. The molecular weight excluding hydrogens is 312 g/mol. The van der Waals surface area contributed by atoms with Crippen LogP contribution < -0.4 is 5.76 Å². The van der Waals surface area contributed by atoms with E-state index in [1.54, 1.807) is 0 Å². The van der Waals surface area contributed by atoms with Crippen LogP contribution in [0, 0.1) is 0 Å². The van der Waals surface area contributed by atoms with Crippen LogP contribution in [0.3, 0.4) is 0 Å². The number of rotatable bonds is 4. The van der Waals surface area contributed by atoms with Crippen LogP contribution in [0.25, 0.3) is 11.1 Å². The van der Waals surface area contributed by atoms with E-state index in [2.05, 4.69) is 0 Å². The third kappa shape index (κ3) is 2.42. The maximum atomic E-state index is 12.5. The van der Waals surface area contributed by atoms with Crippen LogP contribution in [0.5, 0.6) is 0 Å². The lowest BCUT2D eigenvalue weighted by atomic mass is 10.3. The Kier molecular flexibility index (Phi) is 3.53. The van der Waals surface area contributed by atoms with E-state index in [0.717, 1.165) is 17.4 Å². The van der Waals surface area contributed by atoms with Gasteiger partial charge in [0.05, 0.1) is 10.4 Å². The number of nitrogens with zero attached hydrogens (tertiary/aromatic N) is 2. The summed E-state index contributed by atoms with van der Waals surface area (Å²) in [6.07, 6.45) is 1.65. The fraction of sp³-hybridized carbons (Fsp3) is 0.385. The lowest BCUT2D eigenvalue weighted by Crippen LogP contribution is -2.27. The van der Waals surface area contributed by atoms with E-state index in [4.69, 9.17) is 9.52 Å². The maximum absolute atomic E-state index is 12.5. The van der Waals surface area contributed by atoms with Crippen molar-refractivity contribution in [3.05, 3.63) is 28.7 Å². The van der Waals surface area contributed by atoms with Crippen molar-refractivity contribution in [3.8, 4) is 0 Å². The number of benzene rings is 1. The first-order chi connectivity index (χ1) is 10.4. The molecule has 0 spiro atoms. The van der Waals surface area contributed by atoms with Gasteiger partial charge in [-0.15, -0.1) is 0 Å². The van der Waals surface area contributed by atoms with Gasteiger partial charge in [-0.2, -0.15) is 4.31 Å². The number of aromatic nitrogens is 1. The summed E-state index contributed by atoms with van der Waals surface area (Å²) in [4.78, 5) is 22.5. The van der Waals surface area contributed by atoms with Crippen molar-refractivity contribution in [3.63, 3.8) is 0 Å². The topological polar surface area (TPSA) is 110 Å². The van der Waals surface area contributed by atoms with Gasteiger partial charge in [0.15, 0.2) is 5.58 Å².